The Balaban J connectivity index is 0.910. The topological polar surface area (TPSA) is 170 Å². The second-order valence-electron chi connectivity index (χ2n) is 15.9. The van der Waals surface area contributed by atoms with Crippen molar-refractivity contribution >= 4 is 40.2 Å². The lowest BCUT2D eigenvalue weighted by Crippen LogP contribution is -2.44. The van der Waals surface area contributed by atoms with Gasteiger partial charge in [-0.25, -0.2) is 9.97 Å². The van der Waals surface area contributed by atoms with Crippen LogP contribution in [0.5, 0.6) is 11.5 Å². The number of pyridine rings is 2. The predicted octanol–water partition coefficient (Wildman–Crippen LogP) is 8.48. The lowest BCUT2D eigenvalue weighted by Gasteiger charge is -2.45. The Hall–Kier alpha value is -5.73. The van der Waals surface area contributed by atoms with Gasteiger partial charge in [0.05, 0.1) is 64.1 Å². The lowest BCUT2D eigenvalue weighted by atomic mass is 9.81. The molecule has 5 atom stereocenters. The maximum atomic E-state index is 14.0. The standard InChI is InChI=1S/C47H51ClN8O5/c1-29-10-8-19-50-42(29)39-22-31(23-40(56(39)21-7-6-18-49)43-30(2)11-9-20-51-43)47(58)60-27-35-15-14-32(26-59-35)55-46-41-37(25-52-45(41)53-28-54-46)44(57)36-17-16-34(24-38(36)48)61-33-12-4-3-5-13-33/h3-5,8-13,16-17,19-20,24-25,28,31-32,35,39-40H,6-7,14-15,18,21-23,26-27,49H2,1-2H3,(H2,52,53,54,55)/t31?,32-,35+,39-,40+/m1/s1. The number of hydrogen-bond donors (Lipinski definition) is 3. The number of rotatable bonds is 15. The van der Waals surface area contributed by atoms with Crippen LogP contribution in [0.25, 0.3) is 11.0 Å². The number of nitrogens with two attached hydrogens (primary N) is 1. The number of hydrogen-bond acceptors (Lipinski definition) is 12. The Kier molecular flexibility index (Phi) is 13.3. The number of benzene rings is 2. The molecule has 2 aliphatic rings. The summed E-state index contributed by atoms with van der Waals surface area (Å²) in [6.07, 6.45) is 10.9. The summed E-state index contributed by atoms with van der Waals surface area (Å²) in [4.78, 5) is 52.1. The number of anilines is 1. The molecule has 0 amide bonds. The smallest absolute Gasteiger partial charge is 0.309 e. The van der Waals surface area contributed by atoms with Gasteiger partial charge in [-0.1, -0.05) is 41.9 Å². The van der Waals surface area contributed by atoms with Gasteiger partial charge in [0, 0.05) is 30.2 Å². The van der Waals surface area contributed by atoms with Crippen molar-refractivity contribution in [2.45, 2.75) is 76.6 Å². The van der Waals surface area contributed by atoms with Crippen LogP contribution >= 0.6 is 11.6 Å². The number of ketones is 1. The fourth-order valence-electron chi connectivity index (χ4n) is 8.60. The van der Waals surface area contributed by atoms with E-state index in [0.29, 0.717) is 71.9 Å². The molecule has 0 saturated carbocycles. The molecule has 6 aromatic rings. The molecular weight excluding hydrogens is 792 g/mol. The van der Waals surface area contributed by atoms with Crippen molar-refractivity contribution < 1.29 is 23.8 Å². The van der Waals surface area contributed by atoms with Crippen molar-refractivity contribution in [1.82, 2.24) is 29.8 Å². The summed E-state index contributed by atoms with van der Waals surface area (Å²) in [5, 5.41) is 4.31. The van der Waals surface area contributed by atoms with Gasteiger partial charge in [0.15, 0.2) is 5.78 Å². The number of aryl methyl sites for hydroxylation is 2. The van der Waals surface area contributed by atoms with Crippen molar-refractivity contribution in [1.29, 1.82) is 0 Å². The van der Waals surface area contributed by atoms with Gasteiger partial charge in [0.25, 0.3) is 0 Å². The third-order valence-electron chi connectivity index (χ3n) is 11.8. The highest BCUT2D eigenvalue weighted by Gasteiger charge is 2.42. The van der Waals surface area contributed by atoms with E-state index in [1.165, 1.54) is 6.33 Å². The quantitative estimate of drug-likeness (QED) is 0.0513. The third-order valence-corrected chi connectivity index (χ3v) is 12.1. The van der Waals surface area contributed by atoms with Crippen LogP contribution in [0.1, 0.15) is 89.0 Å². The van der Waals surface area contributed by atoms with Gasteiger partial charge in [-0.3, -0.25) is 24.5 Å². The molecular formula is C47H51ClN8O5. The number of halogens is 1. The molecule has 316 valence electrons. The predicted molar refractivity (Wildman–Crippen MR) is 234 cm³/mol. The van der Waals surface area contributed by atoms with E-state index in [2.05, 4.69) is 51.1 Å². The van der Waals surface area contributed by atoms with Crippen LogP contribution in [0.2, 0.25) is 5.02 Å². The molecule has 0 radical (unpaired) electrons. The average molecular weight is 843 g/mol. The summed E-state index contributed by atoms with van der Waals surface area (Å²) >= 11 is 6.64. The minimum Gasteiger partial charge on any atom is -0.463 e. The first-order valence-electron chi connectivity index (χ1n) is 21.0. The average Bonchev–Trinajstić information content (AvgIpc) is 3.72. The van der Waals surface area contributed by atoms with Gasteiger partial charge in [-0.05, 0) is 113 Å². The number of ether oxygens (including phenoxy) is 3. The molecule has 0 spiro atoms. The van der Waals surface area contributed by atoms with E-state index in [-0.39, 0.29) is 53.5 Å². The zero-order chi connectivity index (χ0) is 42.3. The van der Waals surface area contributed by atoms with Crippen LogP contribution in [0.15, 0.2) is 97.7 Å². The summed E-state index contributed by atoms with van der Waals surface area (Å²) in [5.41, 5.74) is 11.3. The number of nitrogens with zero attached hydrogens (tertiary/aromatic N) is 5. The second kappa shape index (κ2) is 19.3. The zero-order valence-corrected chi connectivity index (χ0v) is 35.2. The van der Waals surface area contributed by atoms with E-state index < -0.39 is 0 Å². The normalized spacial score (nSPS) is 20.6. The first kappa shape index (κ1) is 42.0. The van der Waals surface area contributed by atoms with Gasteiger partial charge in [0.2, 0.25) is 0 Å². The number of H-pyrrole nitrogens is 1. The van der Waals surface area contributed by atoms with Crippen LogP contribution in [-0.4, -0.2) is 80.0 Å². The minimum absolute atomic E-state index is 0.0874. The molecule has 2 aromatic carbocycles. The molecule has 61 heavy (non-hydrogen) atoms. The van der Waals surface area contributed by atoms with Gasteiger partial charge >= 0.3 is 5.97 Å². The maximum absolute atomic E-state index is 14.0. The van der Waals surface area contributed by atoms with Gasteiger partial charge < -0.3 is 30.2 Å². The number of carbonyl (C=O) groups excluding carboxylic acids is 2. The SMILES string of the molecule is Cc1cccnc1[C@H]1CC(C(=O)OC[C@@H]2CC[C@@H](Nc3ncnc4[nH]cc(C(=O)c5ccc(Oc6ccccc6)cc5Cl)c34)CO2)C[C@@H](c2ncccc2C)N1CCCCN. The number of aromatic nitrogens is 5. The van der Waals surface area contributed by atoms with Crippen molar-refractivity contribution in [3.8, 4) is 11.5 Å². The molecule has 4 N–H and O–H groups in total. The number of fused-ring (bicyclic) bond motifs is 1. The largest absolute Gasteiger partial charge is 0.463 e. The molecule has 0 bridgehead atoms. The van der Waals surface area contributed by atoms with Gasteiger partial charge in [-0.2, -0.15) is 0 Å². The molecule has 13 nitrogen and oxygen atoms in total. The number of likely N-dealkylation sites (tertiary alicyclic amines) is 1. The fourth-order valence-corrected chi connectivity index (χ4v) is 8.86. The number of unbranched alkanes of at least 4 members (excludes halogenated alkanes) is 1. The van der Waals surface area contributed by atoms with Crippen LogP contribution in [-0.2, 0) is 14.3 Å². The Morgan fingerprint density at radius 2 is 1.62 bits per heavy atom. The summed E-state index contributed by atoms with van der Waals surface area (Å²) in [6, 6.07) is 22.1. The van der Waals surface area contributed by atoms with E-state index in [4.69, 9.17) is 41.5 Å². The number of esters is 1. The van der Waals surface area contributed by atoms with E-state index in [1.54, 1.807) is 24.4 Å². The highest BCUT2D eigenvalue weighted by molar-refractivity contribution is 6.35. The molecule has 1 unspecified atom stereocenters. The highest BCUT2D eigenvalue weighted by atomic mass is 35.5. The first-order valence-corrected chi connectivity index (χ1v) is 21.4. The van der Waals surface area contributed by atoms with Crippen molar-refractivity contribution in [2.75, 3.05) is 31.6 Å². The maximum Gasteiger partial charge on any atom is 0.309 e. The molecule has 8 rings (SSSR count). The number of carbonyl (C=O) groups is 2. The molecule has 2 fully saturated rings. The second-order valence-corrected chi connectivity index (χ2v) is 16.3. The van der Waals surface area contributed by atoms with E-state index >= 15 is 0 Å². The molecule has 2 saturated heterocycles. The van der Waals surface area contributed by atoms with Gasteiger partial charge in [-0.15, -0.1) is 0 Å². The molecule has 4 aromatic heterocycles. The Morgan fingerprint density at radius 3 is 2.28 bits per heavy atom. The monoisotopic (exact) mass is 842 g/mol. The third kappa shape index (κ3) is 9.60. The Morgan fingerprint density at radius 1 is 0.885 bits per heavy atom. The van der Waals surface area contributed by atoms with Crippen molar-refractivity contribution in [2.24, 2.45) is 11.7 Å². The Bertz CT molecular complexity index is 2400. The van der Waals surface area contributed by atoms with Crippen molar-refractivity contribution in [3.05, 3.63) is 136 Å². The summed E-state index contributed by atoms with van der Waals surface area (Å²) in [7, 11) is 0. The Labute approximate surface area is 360 Å². The summed E-state index contributed by atoms with van der Waals surface area (Å²) in [5.74, 6) is 0.842. The van der Waals surface area contributed by atoms with Gasteiger partial charge in [0.1, 0.15) is 35.9 Å². The fraction of sp³-hybridized carbons (Fsp3) is 0.362. The van der Waals surface area contributed by atoms with Crippen LogP contribution in [0.3, 0.4) is 0 Å². The van der Waals surface area contributed by atoms with E-state index in [0.717, 1.165) is 48.3 Å². The minimum atomic E-state index is -0.351. The summed E-state index contributed by atoms with van der Waals surface area (Å²) < 4.78 is 18.2. The lowest BCUT2D eigenvalue weighted by molar-refractivity contribution is -0.158. The number of para-hydroxylation sites is 1. The first-order chi connectivity index (χ1) is 29.8. The number of aromatic amines is 1. The molecule has 6 heterocycles. The number of nitrogens with one attached hydrogen (secondary N) is 2. The van der Waals surface area contributed by atoms with Crippen LogP contribution in [0.4, 0.5) is 5.82 Å². The number of piperidine rings is 1. The van der Waals surface area contributed by atoms with E-state index in [9.17, 15) is 9.59 Å². The van der Waals surface area contributed by atoms with E-state index in [1.807, 2.05) is 54.9 Å². The molecule has 2 aliphatic heterocycles. The molecule has 14 heteroatoms. The zero-order valence-electron chi connectivity index (χ0n) is 34.4. The van der Waals surface area contributed by atoms with Crippen LogP contribution < -0.4 is 15.8 Å². The molecule has 0 aliphatic carbocycles. The summed E-state index contributed by atoms with van der Waals surface area (Å²) in [6.45, 7) is 6.12. The highest BCUT2D eigenvalue weighted by Crippen LogP contribution is 2.45. The van der Waals surface area contributed by atoms with Crippen molar-refractivity contribution in [3.63, 3.8) is 0 Å². The van der Waals surface area contributed by atoms with Crippen LogP contribution in [0, 0.1) is 19.8 Å².